The number of fused-ring (bicyclic) bond motifs is 1. The SMILES string of the molecule is COc1ccc(CN2CCn3nc(C(O)C4CC4)cc3C2)c(F)c1. The molecule has 1 N–H and O–H groups in total. The topological polar surface area (TPSA) is 50.5 Å². The van der Waals surface area contributed by atoms with E-state index in [0.29, 0.717) is 23.8 Å². The first-order chi connectivity index (χ1) is 11.6. The lowest BCUT2D eigenvalue weighted by atomic mass is 10.1. The summed E-state index contributed by atoms with van der Waals surface area (Å²) >= 11 is 0. The molecule has 6 heteroatoms. The molecular weight excluding hydrogens is 309 g/mol. The molecule has 0 spiro atoms. The highest BCUT2D eigenvalue weighted by Crippen LogP contribution is 2.40. The molecule has 128 valence electrons. The van der Waals surface area contributed by atoms with Crippen LogP contribution in [-0.4, -0.2) is 33.4 Å². The molecule has 2 aliphatic rings. The maximum absolute atomic E-state index is 14.1. The maximum Gasteiger partial charge on any atom is 0.131 e. The van der Waals surface area contributed by atoms with Gasteiger partial charge in [0.1, 0.15) is 17.7 Å². The normalized spacial score (nSPS) is 19.1. The molecule has 2 aromatic rings. The summed E-state index contributed by atoms with van der Waals surface area (Å²) < 4.78 is 21.2. The number of ether oxygens (including phenoxy) is 1. The van der Waals surface area contributed by atoms with Gasteiger partial charge in [0, 0.05) is 31.3 Å². The average Bonchev–Trinajstić information content (AvgIpc) is 3.35. The molecule has 0 bridgehead atoms. The summed E-state index contributed by atoms with van der Waals surface area (Å²) in [6.45, 7) is 2.86. The van der Waals surface area contributed by atoms with Crippen molar-refractivity contribution in [2.45, 2.75) is 38.6 Å². The fourth-order valence-electron chi connectivity index (χ4n) is 3.30. The summed E-state index contributed by atoms with van der Waals surface area (Å²) in [6.07, 6.45) is 1.74. The van der Waals surface area contributed by atoms with E-state index in [0.717, 1.165) is 43.9 Å². The Bertz CT molecular complexity index is 742. The van der Waals surface area contributed by atoms with Crippen molar-refractivity contribution in [3.8, 4) is 5.75 Å². The highest BCUT2D eigenvalue weighted by molar-refractivity contribution is 5.29. The van der Waals surface area contributed by atoms with E-state index in [9.17, 15) is 9.50 Å². The van der Waals surface area contributed by atoms with Gasteiger partial charge in [-0.3, -0.25) is 9.58 Å². The molecule has 1 unspecified atom stereocenters. The number of methoxy groups -OCH3 is 1. The van der Waals surface area contributed by atoms with Gasteiger partial charge in [-0.05, 0) is 30.9 Å². The van der Waals surface area contributed by atoms with Crippen molar-refractivity contribution in [1.82, 2.24) is 14.7 Å². The average molecular weight is 331 g/mol. The van der Waals surface area contributed by atoms with E-state index in [1.807, 2.05) is 10.7 Å². The summed E-state index contributed by atoms with van der Waals surface area (Å²) in [5, 5.41) is 14.8. The predicted molar refractivity (Wildman–Crippen MR) is 87.0 cm³/mol. The molecule has 1 fully saturated rings. The van der Waals surface area contributed by atoms with Crippen molar-refractivity contribution in [3.63, 3.8) is 0 Å². The Morgan fingerprint density at radius 1 is 1.33 bits per heavy atom. The first-order valence-electron chi connectivity index (χ1n) is 8.43. The highest BCUT2D eigenvalue weighted by atomic mass is 19.1. The van der Waals surface area contributed by atoms with Crippen LogP contribution in [0.3, 0.4) is 0 Å². The Labute approximate surface area is 140 Å². The molecule has 0 radical (unpaired) electrons. The first-order valence-corrected chi connectivity index (χ1v) is 8.43. The van der Waals surface area contributed by atoms with E-state index in [2.05, 4.69) is 10.00 Å². The van der Waals surface area contributed by atoms with Crippen molar-refractivity contribution in [3.05, 3.63) is 47.0 Å². The van der Waals surface area contributed by atoms with Crippen molar-refractivity contribution < 1.29 is 14.2 Å². The number of aromatic nitrogens is 2. The molecule has 24 heavy (non-hydrogen) atoms. The molecule has 1 saturated carbocycles. The van der Waals surface area contributed by atoms with Gasteiger partial charge < -0.3 is 9.84 Å². The number of halogens is 1. The van der Waals surface area contributed by atoms with Gasteiger partial charge in [0.05, 0.1) is 25.0 Å². The number of nitrogens with zero attached hydrogens (tertiary/aromatic N) is 3. The van der Waals surface area contributed by atoms with Crippen LogP contribution in [-0.2, 0) is 19.6 Å². The van der Waals surface area contributed by atoms with Crippen molar-refractivity contribution in [2.75, 3.05) is 13.7 Å². The standard InChI is InChI=1S/C18H22FN3O2/c1-24-15-5-4-13(16(19)9-15)10-21-6-7-22-14(11-21)8-17(20-22)18(23)12-2-3-12/h4-5,8-9,12,18,23H,2-3,6-7,10-11H2,1H3. The molecule has 0 amide bonds. The number of hydrogen-bond donors (Lipinski definition) is 1. The fraction of sp³-hybridized carbons (Fsp3) is 0.500. The number of hydrogen-bond acceptors (Lipinski definition) is 4. The number of aliphatic hydroxyl groups excluding tert-OH is 1. The monoisotopic (exact) mass is 331 g/mol. The molecule has 1 aromatic heterocycles. The minimum Gasteiger partial charge on any atom is -0.497 e. The van der Waals surface area contributed by atoms with Gasteiger partial charge in [-0.15, -0.1) is 0 Å². The van der Waals surface area contributed by atoms with Gasteiger partial charge in [-0.1, -0.05) is 6.07 Å². The summed E-state index contributed by atoms with van der Waals surface area (Å²) in [5.41, 5.74) is 2.54. The maximum atomic E-state index is 14.1. The van der Waals surface area contributed by atoms with Gasteiger partial charge in [0.2, 0.25) is 0 Å². The van der Waals surface area contributed by atoms with E-state index in [4.69, 9.17) is 4.74 Å². The number of aliphatic hydroxyl groups is 1. The van der Waals surface area contributed by atoms with Crippen LogP contribution in [0.1, 0.15) is 35.9 Å². The molecule has 1 atom stereocenters. The Morgan fingerprint density at radius 2 is 2.17 bits per heavy atom. The zero-order valence-electron chi connectivity index (χ0n) is 13.8. The Morgan fingerprint density at radius 3 is 2.88 bits per heavy atom. The number of rotatable bonds is 5. The molecule has 1 aliphatic carbocycles. The van der Waals surface area contributed by atoms with Crippen LogP contribution in [0, 0.1) is 11.7 Å². The minimum absolute atomic E-state index is 0.238. The Hall–Kier alpha value is -1.92. The Kier molecular flexibility index (Phi) is 4.02. The zero-order valence-corrected chi connectivity index (χ0v) is 13.8. The fourth-order valence-corrected chi connectivity index (χ4v) is 3.30. The van der Waals surface area contributed by atoms with E-state index in [1.165, 1.54) is 13.2 Å². The minimum atomic E-state index is -0.435. The summed E-state index contributed by atoms with van der Waals surface area (Å²) in [5.74, 6) is 0.677. The van der Waals surface area contributed by atoms with Crippen molar-refractivity contribution in [1.29, 1.82) is 0 Å². The van der Waals surface area contributed by atoms with Gasteiger partial charge in [-0.2, -0.15) is 5.10 Å². The molecule has 4 rings (SSSR count). The van der Waals surface area contributed by atoms with Gasteiger partial charge in [0.25, 0.3) is 0 Å². The first kappa shape index (κ1) is 15.6. The van der Waals surface area contributed by atoms with E-state index >= 15 is 0 Å². The molecule has 1 aliphatic heterocycles. The quantitative estimate of drug-likeness (QED) is 0.914. The van der Waals surface area contributed by atoms with E-state index < -0.39 is 6.10 Å². The zero-order chi connectivity index (χ0) is 16.7. The van der Waals surface area contributed by atoms with E-state index in [1.54, 1.807) is 12.1 Å². The number of benzene rings is 1. The highest BCUT2D eigenvalue weighted by Gasteiger charge is 2.33. The van der Waals surface area contributed by atoms with Gasteiger partial charge in [0.15, 0.2) is 0 Å². The molecule has 5 nitrogen and oxygen atoms in total. The second kappa shape index (κ2) is 6.18. The van der Waals surface area contributed by atoms with Crippen molar-refractivity contribution in [2.24, 2.45) is 5.92 Å². The third kappa shape index (κ3) is 3.03. The van der Waals surface area contributed by atoms with Crippen LogP contribution in [0.4, 0.5) is 4.39 Å². The van der Waals surface area contributed by atoms with Crippen LogP contribution in [0.2, 0.25) is 0 Å². The van der Waals surface area contributed by atoms with Crippen LogP contribution in [0.15, 0.2) is 24.3 Å². The second-order valence-electron chi connectivity index (χ2n) is 6.73. The van der Waals surface area contributed by atoms with Crippen LogP contribution >= 0.6 is 0 Å². The molecule has 2 heterocycles. The van der Waals surface area contributed by atoms with E-state index in [-0.39, 0.29) is 5.82 Å². The van der Waals surface area contributed by atoms with Crippen LogP contribution < -0.4 is 4.74 Å². The lowest BCUT2D eigenvalue weighted by Gasteiger charge is -2.27. The summed E-state index contributed by atoms with van der Waals surface area (Å²) in [7, 11) is 1.54. The van der Waals surface area contributed by atoms with Crippen molar-refractivity contribution >= 4 is 0 Å². The van der Waals surface area contributed by atoms with Crippen LogP contribution in [0.25, 0.3) is 0 Å². The summed E-state index contributed by atoms with van der Waals surface area (Å²) in [4.78, 5) is 2.20. The molecule has 1 aromatic carbocycles. The van der Waals surface area contributed by atoms with Crippen LogP contribution in [0.5, 0.6) is 5.75 Å². The third-order valence-corrected chi connectivity index (χ3v) is 4.92. The predicted octanol–water partition coefficient (Wildman–Crippen LogP) is 2.49. The summed E-state index contributed by atoms with van der Waals surface area (Å²) in [6, 6.07) is 6.99. The molecular formula is C18H22FN3O2. The van der Waals surface area contributed by atoms with Gasteiger partial charge in [-0.25, -0.2) is 4.39 Å². The second-order valence-corrected chi connectivity index (χ2v) is 6.73. The van der Waals surface area contributed by atoms with Gasteiger partial charge >= 0.3 is 0 Å². The Balaban J connectivity index is 1.46. The molecule has 0 saturated heterocycles. The lowest BCUT2D eigenvalue weighted by Crippen LogP contribution is -2.33. The smallest absolute Gasteiger partial charge is 0.131 e. The lowest BCUT2D eigenvalue weighted by molar-refractivity contribution is 0.147. The third-order valence-electron chi connectivity index (χ3n) is 4.92. The largest absolute Gasteiger partial charge is 0.497 e.